The summed E-state index contributed by atoms with van der Waals surface area (Å²) in [4.78, 5) is 20.7. The molecule has 5 nitrogen and oxygen atoms in total. The van der Waals surface area contributed by atoms with E-state index in [9.17, 15) is 9.18 Å². The van der Waals surface area contributed by atoms with E-state index in [1.54, 1.807) is 30.5 Å². The number of anilines is 1. The lowest BCUT2D eigenvalue weighted by Crippen LogP contribution is -2.25. The molecule has 0 aliphatic heterocycles. The van der Waals surface area contributed by atoms with Crippen molar-refractivity contribution >= 4 is 34.6 Å². The molecule has 3 aromatic rings. The van der Waals surface area contributed by atoms with E-state index in [0.717, 1.165) is 0 Å². The molecule has 0 aliphatic rings. The molecule has 0 aliphatic carbocycles. The quantitative estimate of drug-likeness (QED) is 0.719. The molecule has 2 aromatic heterocycles. The second-order valence-electron chi connectivity index (χ2n) is 4.79. The molecule has 0 radical (unpaired) electrons. The molecular weight excluding hydrogens is 317 g/mol. The fourth-order valence-corrected chi connectivity index (χ4v) is 2.87. The number of oxazole rings is 1. The van der Waals surface area contributed by atoms with Crippen LogP contribution in [-0.2, 0) is 4.79 Å². The van der Waals surface area contributed by atoms with Crippen LogP contribution in [0.1, 0.15) is 13.3 Å². The first-order chi connectivity index (χ1) is 11.2. The van der Waals surface area contributed by atoms with Crippen molar-refractivity contribution in [2.45, 2.75) is 23.8 Å². The van der Waals surface area contributed by atoms with Crippen LogP contribution < -0.4 is 5.32 Å². The summed E-state index contributed by atoms with van der Waals surface area (Å²) in [7, 11) is 0. The summed E-state index contributed by atoms with van der Waals surface area (Å²) in [5, 5.41) is 2.52. The number of halogens is 1. The maximum absolute atomic E-state index is 13.6. The summed E-state index contributed by atoms with van der Waals surface area (Å²) in [6, 6.07) is 9.58. The van der Waals surface area contributed by atoms with E-state index >= 15 is 0 Å². The summed E-state index contributed by atoms with van der Waals surface area (Å²) in [6.07, 6.45) is 2.18. The van der Waals surface area contributed by atoms with E-state index in [-0.39, 0.29) is 11.6 Å². The first kappa shape index (κ1) is 15.5. The number of hydrogen-bond donors (Lipinski definition) is 1. The Morgan fingerprint density at radius 1 is 1.35 bits per heavy atom. The van der Waals surface area contributed by atoms with Gasteiger partial charge in [-0.3, -0.25) is 4.79 Å². The lowest BCUT2D eigenvalue weighted by Gasteiger charge is -2.13. The Morgan fingerprint density at radius 3 is 2.91 bits per heavy atom. The van der Waals surface area contributed by atoms with E-state index in [1.165, 1.54) is 23.9 Å². The molecule has 0 saturated carbocycles. The van der Waals surface area contributed by atoms with Crippen LogP contribution in [0.4, 0.5) is 10.1 Å². The van der Waals surface area contributed by atoms with Gasteiger partial charge in [0.1, 0.15) is 5.82 Å². The lowest BCUT2D eigenvalue weighted by molar-refractivity contribution is -0.115. The van der Waals surface area contributed by atoms with Crippen LogP contribution in [-0.4, -0.2) is 21.1 Å². The lowest BCUT2D eigenvalue weighted by atomic mass is 10.2. The van der Waals surface area contributed by atoms with Gasteiger partial charge in [0.15, 0.2) is 11.2 Å². The van der Waals surface area contributed by atoms with Crippen LogP contribution in [0.5, 0.6) is 0 Å². The van der Waals surface area contributed by atoms with Crippen molar-refractivity contribution in [2.24, 2.45) is 0 Å². The van der Waals surface area contributed by atoms with Crippen molar-refractivity contribution in [2.75, 3.05) is 5.32 Å². The number of carbonyl (C=O) groups is 1. The number of fused-ring (bicyclic) bond motifs is 1. The van der Waals surface area contributed by atoms with Crippen LogP contribution >= 0.6 is 11.8 Å². The predicted octanol–water partition coefficient (Wildman–Crippen LogP) is 3.87. The van der Waals surface area contributed by atoms with Crippen molar-refractivity contribution in [3.63, 3.8) is 0 Å². The minimum atomic E-state index is -0.466. The molecule has 0 saturated heterocycles. The predicted molar refractivity (Wildman–Crippen MR) is 86.8 cm³/mol. The van der Waals surface area contributed by atoms with Gasteiger partial charge in [-0.1, -0.05) is 30.8 Å². The number of rotatable bonds is 5. The number of benzene rings is 1. The highest BCUT2D eigenvalue weighted by molar-refractivity contribution is 8.00. The molecule has 2 heterocycles. The molecule has 7 heteroatoms. The van der Waals surface area contributed by atoms with E-state index < -0.39 is 11.1 Å². The van der Waals surface area contributed by atoms with E-state index in [4.69, 9.17) is 4.42 Å². The number of pyridine rings is 1. The molecule has 0 spiro atoms. The molecular formula is C16H14FN3O2S. The van der Waals surface area contributed by atoms with Gasteiger partial charge in [0.25, 0.3) is 5.22 Å². The zero-order chi connectivity index (χ0) is 16.2. The molecule has 1 aromatic carbocycles. The molecule has 1 amide bonds. The normalized spacial score (nSPS) is 12.3. The van der Waals surface area contributed by atoms with Crippen LogP contribution in [0.25, 0.3) is 11.2 Å². The first-order valence-corrected chi connectivity index (χ1v) is 7.99. The van der Waals surface area contributed by atoms with Crippen molar-refractivity contribution in [3.8, 4) is 0 Å². The van der Waals surface area contributed by atoms with Crippen molar-refractivity contribution in [3.05, 3.63) is 48.4 Å². The van der Waals surface area contributed by atoms with Crippen molar-refractivity contribution < 1.29 is 13.6 Å². The monoisotopic (exact) mass is 331 g/mol. The number of amides is 1. The Bertz CT molecular complexity index is 804. The Balaban J connectivity index is 1.74. The fourth-order valence-electron chi connectivity index (χ4n) is 2.02. The third-order valence-electron chi connectivity index (χ3n) is 3.18. The van der Waals surface area contributed by atoms with Crippen LogP contribution in [0.3, 0.4) is 0 Å². The average Bonchev–Trinajstić information content (AvgIpc) is 2.97. The van der Waals surface area contributed by atoms with E-state index in [0.29, 0.717) is 22.9 Å². The summed E-state index contributed by atoms with van der Waals surface area (Å²) in [5.41, 5.74) is 1.23. The Hall–Kier alpha value is -2.41. The summed E-state index contributed by atoms with van der Waals surface area (Å²) in [5.74, 6) is -0.760. The van der Waals surface area contributed by atoms with Gasteiger partial charge in [0.2, 0.25) is 5.91 Å². The molecule has 3 rings (SSSR count). The van der Waals surface area contributed by atoms with Gasteiger partial charge >= 0.3 is 0 Å². The summed E-state index contributed by atoms with van der Waals surface area (Å²) >= 11 is 1.20. The first-order valence-electron chi connectivity index (χ1n) is 7.11. The van der Waals surface area contributed by atoms with Crippen LogP contribution in [0.2, 0.25) is 0 Å². The van der Waals surface area contributed by atoms with Gasteiger partial charge in [0, 0.05) is 6.20 Å². The number of hydrogen-bond acceptors (Lipinski definition) is 5. The standard InChI is InChI=1S/C16H14FN3O2S/c1-2-13(15(21)19-11-7-4-3-6-10(11)17)23-16-20-14-12(22-16)8-5-9-18-14/h3-9,13H,2H2,1H3,(H,19,21). The van der Waals surface area contributed by atoms with Crippen molar-refractivity contribution in [1.82, 2.24) is 9.97 Å². The minimum absolute atomic E-state index is 0.163. The van der Waals surface area contributed by atoms with E-state index in [2.05, 4.69) is 15.3 Å². The average molecular weight is 331 g/mol. The largest absolute Gasteiger partial charge is 0.430 e. The second kappa shape index (κ2) is 6.78. The number of aromatic nitrogens is 2. The molecule has 1 N–H and O–H groups in total. The Morgan fingerprint density at radius 2 is 2.17 bits per heavy atom. The Kier molecular flexibility index (Phi) is 4.57. The third-order valence-corrected chi connectivity index (χ3v) is 4.39. The number of nitrogens with one attached hydrogen (secondary N) is 1. The topological polar surface area (TPSA) is 68.0 Å². The highest BCUT2D eigenvalue weighted by Crippen LogP contribution is 2.28. The smallest absolute Gasteiger partial charge is 0.259 e. The zero-order valence-corrected chi connectivity index (χ0v) is 13.1. The number of para-hydroxylation sites is 1. The van der Waals surface area contributed by atoms with E-state index in [1.807, 2.05) is 6.92 Å². The van der Waals surface area contributed by atoms with Gasteiger partial charge in [-0.05, 0) is 30.7 Å². The molecule has 118 valence electrons. The highest BCUT2D eigenvalue weighted by Gasteiger charge is 2.22. The van der Waals surface area contributed by atoms with Gasteiger partial charge in [0.05, 0.1) is 10.9 Å². The molecule has 1 unspecified atom stereocenters. The molecule has 0 fully saturated rings. The number of carbonyl (C=O) groups excluding carboxylic acids is 1. The second-order valence-corrected chi connectivity index (χ2v) is 5.94. The maximum Gasteiger partial charge on any atom is 0.259 e. The van der Waals surface area contributed by atoms with Gasteiger partial charge < -0.3 is 9.73 Å². The highest BCUT2D eigenvalue weighted by atomic mass is 32.2. The Labute approximate surface area is 136 Å². The van der Waals surface area contributed by atoms with Crippen molar-refractivity contribution in [1.29, 1.82) is 0 Å². The maximum atomic E-state index is 13.6. The van der Waals surface area contributed by atoms with Gasteiger partial charge in [-0.2, -0.15) is 4.98 Å². The number of nitrogens with zero attached hydrogens (tertiary/aromatic N) is 2. The fraction of sp³-hybridized carbons (Fsp3) is 0.188. The molecule has 0 bridgehead atoms. The minimum Gasteiger partial charge on any atom is -0.430 e. The van der Waals surface area contributed by atoms with Crippen LogP contribution in [0, 0.1) is 5.82 Å². The van der Waals surface area contributed by atoms with Crippen LogP contribution in [0.15, 0.2) is 52.2 Å². The zero-order valence-electron chi connectivity index (χ0n) is 12.3. The SMILES string of the molecule is CCC(Sc1nc2ncccc2o1)C(=O)Nc1ccccc1F. The third kappa shape index (κ3) is 3.50. The van der Waals surface area contributed by atoms with Gasteiger partial charge in [-0.25, -0.2) is 9.37 Å². The summed E-state index contributed by atoms with van der Waals surface area (Å²) < 4.78 is 19.2. The van der Waals surface area contributed by atoms with Gasteiger partial charge in [-0.15, -0.1) is 0 Å². The summed E-state index contributed by atoms with van der Waals surface area (Å²) in [6.45, 7) is 1.87. The number of thioether (sulfide) groups is 1. The molecule has 23 heavy (non-hydrogen) atoms. The molecule has 1 atom stereocenters.